The summed E-state index contributed by atoms with van der Waals surface area (Å²) in [5, 5.41) is 0. The number of hydrogen-bond acceptors (Lipinski definition) is 4. The summed E-state index contributed by atoms with van der Waals surface area (Å²) < 4.78 is 5.26. The number of nitrogens with zero attached hydrogens (tertiary/aromatic N) is 2. The summed E-state index contributed by atoms with van der Waals surface area (Å²) >= 11 is 0. The van der Waals surface area contributed by atoms with Gasteiger partial charge in [0.15, 0.2) is 0 Å². The molecule has 164 valence electrons. The summed E-state index contributed by atoms with van der Waals surface area (Å²) in [5.41, 5.74) is 1.96. The first-order valence-electron chi connectivity index (χ1n) is 11.6. The largest absolute Gasteiger partial charge is 0.497 e. The molecule has 0 aliphatic carbocycles. The van der Waals surface area contributed by atoms with Crippen LogP contribution in [-0.2, 0) is 9.59 Å². The lowest BCUT2D eigenvalue weighted by molar-refractivity contribution is -0.137. The second-order valence-electron chi connectivity index (χ2n) is 8.65. The molecule has 1 aromatic carbocycles. The lowest BCUT2D eigenvalue weighted by Crippen LogP contribution is -2.38. The van der Waals surface area contributed by atoms with Crippen LogP contribution in [0.25, 0.3) is 5.57 Å². The first-order valence-corrected chi connectivity index (χ1v) is 11.6. The molecule has 0 N–H and O–H groups in total. The summed E-state index contributed by atoms with van der Waals surface area (Å²) in [6, 6.07) is 7.49. The van der Waals surface area contributed by atoms with Crippen LogP contribution in [0, 0.1) is 5.92 Å². The first-order chi connectivity index (χ1) is 14.6. The average Bonchev–Trinajstić information content (AvgIpc) is 3.01. The fourth-order valence-corrected chi connectivity index (χ4v) is 4.36. The molecule has 2 aliphatic heterocycles. The Balaban J connectivity index is 1.79. The molecule has 1 fully saturated rings. The van der Waals surface area contributed by atoms with Gasteiger partial charge in [-0.2, -0.15) is 0 Å². The van der Waals surface area contributed by atoms with E-state index in [2.05, 4.69) is 18.7 Å². The number of methoxy groups -OCH3 is 1. The van der Waals surface area contributed by atoms with Crippen molar-refractivity contribution in [2.45, 2.75) is 65.2 Å². The number of imide groups is 1. The van der Waals surface area contributed by atoms with E-state index in [0.717, 1.165) is 50.1 Å². The molecular weight excluding hydrogens is 376 g/mol. The number of ether oxygens (including phenoxy) is 1. The summed E-state index contributed by atoms with van der Waals surface area (Å²) in [5.74, 6) is 1.15. The Morgan fingerprint density at radius 1 is 0.933 bits per heavy atom. The van der Waals surface area contributed by atoms with Crippen molar-refractivity contribution in [1.82, 2.24) is 9.80 Å². The van der Waals surface area contributed by atoms with E-state index in [9.17, 15) is 9.59 Å². The van der Waals surface area contributed by atoms with E-state index in [-0.39, 0.29) is 11.8 Å². The minimum Gasteiger partial charge on any atom is -0.497 e. The van der Waals surface area contributed by atoms with E-state index in [4.69, 9.17) is 4.74 Å². The fraction of sp³-hybridized carbons (Fsp3) is 0.600. The highest BCUT2D eigenvalue weighted by atomic mass is 16.5. The minimum atomic E-state index is -0.146. The smallest absolute Gasteiger partial charge is 0.277 e. The molecule has 1 saturated heterocycles. The molecule has 0 spiro atoms. The third-order valence-electron chi connectivity index (χ3n) is 6.36. The normalized spacial score (nSPS) is 18.0. The molecule has 0 radical (unpaired) electrons. The first kappa shape index (κ1) is 22.4. The number of carbonyl (C=O) groups is 2. The zero-order valence-corrected chi connectivity index (χ0v) is 18.8. The number of benzene rings is 1. The van der Waals surface area contributed by atoms with Gasteiger partial charge in [-0.1, -0.05) is 58.1 Å². The number of hydrogen-bond donors (Lipinski definition) is 0. The monoisotopic (exact) mass is 412 g/mol. The van der Waals surface area contributed by atoms with E-state index in [1.54, 1.807) is 7.11 Å². The SMILES string of the molecule is CCCCCCCCN1C(=O)C(c2ccc(OC)cc2)=C(N2CCC(C)CC2)C1=O. The van der Waals surface area contributed by atoms with Crippen LogP contribution < -0.4 is 4.74 Å². The van der Waals surface area contributed by atoms with Gasteiger partial charge in [-0.3, -0.25) is 14.5 Å². The van der Waals surface area contributed by atoms with Gasteiger partial charge in [0.2, 0.25) is 0 Å². The van der Waals surface area contributed by atoms with Gasteiger partial charge in [0.1, 0.15) is 11.4 Å². The summed E-state index contributed by atoms with van der Waals surface area (Å²) in [4.78, 5) is 30.3. The van der Waals surface area contributed by atoms with Crippen molar-refractivity contribution >= 4 is 17.4 Å². The van der Waals surface area contributed by atoms with Crippen LogP contribution >= 0.6 is 0 Å². The minimum absolute atomic E-state index is 0.117. The van der Waals surface area contributed by atoms with Crippen LogP contribution in [0.5, 0.6) is 5.75 Å². The zero-order valence-electron chi connectivity index (χ0n) is 18.8. The topological polar surface area (TPSA) is 49.9 Å². The van der Waals surface area contributed by atoms with Crippen LogP contribution in [0.3, 0.4) is 0 Å². The number of rotatable bonds is 10. The van der Waals surface area contributed by atoms with Crippen LogP contribution in [0.4, 0.5) is 0 Å². The van der Waals surface area contributed by atoms with Crippen molar-refractivity contribution in [1.29, 1.82) is 0 Å². The molecule has 2 heterocycles. The molecule has 0 atom stereocenters. The predicted octanol–water partition coefficient (Wildman–Crippen LogP) is 4.87. The summed E-state index contributed by atoms with van der Waals surface area (Å²) in [6.45, 7) is 6.64. The third-order valence-corrected chi connectivity index (χ3v) is 6.36. The molecule has 0 bridgehead atoms. The molecule has 0 aromatic heterocycles. The van der Waals surface area contributed by atoms with E-state index in [1.165, 1.54) is 30.6 Å². The zero-order chi connectivity index (χ0) is 21.5. The maximum Gasteiger partial charge on any atom is 0.277 e. The maximum absolute atomic E-state index is 13.4. The molecule has 3 rings (SSSR count). The molecule has 0 unspecified atom stereocenters. The fourth-order valence-electron chi connectivity index (χ4n) is 4.36. The molecule has 5 heteroatoms. The van der Waals surface area contributed by atoms with Crippen molar-refractivity contribution < 1.29 is 14.3 Å². The number of piperidine rings is 1. The number of carbonyl (C=O) groups excluding carboxylic acids is 2. The van der Waals surface area contributed by atoms with E-state index >= 15 is 0 Å². The van der Waals surface area contributed by atoms with Crippen LogP contribution in [0.1, 0.15) is 70.8 Å². The van der Waals surface area contributed by atoms with Crippen molar-refractivity contribution in [2.75, 3.05) is 26.7 Å². The highest BCUT2D eigenvalue weighted by Gasteiger charge is 2.41. The molecule has 2 aliphatic rings. The van der Waals surface area contributed by atoms with Gasteiger partial charge in [0.25, 0.3) is 11.8 Å². The Labute approximate surface area is 181 Å². The lowest BCUT2D eigenvalue weighted by atomic mass is 9.97. The predicted molar refractivity (Wildman–Crippen MR) is 120 cm³/mol. The highest BCUT2D eigenvalue weighted by Crippen LogP contribution is 2.34. The van der Waals surface area contributed by atoms with Gasteiger partial charge in [-0.15, -0.1) is 0 Å². The highest BCUT2D eigenvalue weighted by molar-refractivity contribution is 6.35. The van der Waals surface area contributed by atoms with Gasteiger partial charge >= 0.3 is 0 Å². The van der Waals surface area contributed by atoms with E-state index < -0.39 is 0 Å². The molecule has 5 nitrogen and oxygen atoms in total. The van der Waals surface area contributed by atoms with Crippen molar-refractivity contribution in [2.24, 2.45) is 5.92 Å². The molecule has 2 amide bonds. The molecular formula is C25H36N2O3. The molecule has 1 aromatic rings. The lowest BCUT2D eigenvalue weighted by Gasteiger charge is -2.32. The summed E-state index contributed by atoms with van der Waals surface area (Å²) in [7, 11) is 1.63. The quantitative estimate of drug-likeness (QED) is 0.406. The van der Waals surface area contributed by atoms with Gasteiger partial charge in [0, 0.05) is 19.6 Å². The van der Waals surface area contributed by atoms with Crippen LogP contribution in [-0.4, -0.2) is 48.4 Å². The van der Waals surface area contributed by atoms with Gasteiger partial charge in [-0.25, -0.2) is 0 Å². The third kappa shape index (κ3) is 5.05. The Bertz CT molecular complexity index is 761. The Morgan fingerprint density at radius 3 is 2.20 bits per heavy atom. The molecule has 0 saturated carbocycles. The number of unbranched alkanes of at least 4 members (excludes halogenated alkanes) is 5. The number of amides is 2. The Hall–Kier alpha value is -2.30. The second-order valence-corrected chi connectivity index (χ2v) is 8.65. The Morgan fingerprint density at radius 2 is 1.57 bits per heavy atom. The maximum atomic E-state index is 13.4. The average molecular weight is 413 g/mol. The van der Waals surface area contributed by atoms with Gasteiger partial charge in [-0.05, 0) is 42.9 Å². The molecule has 30 heavy (non-hydrogen) atoms. The van der Waals surface area contributed by atoms with Crippen LogP contribution in [0.15, 0.2) is 30.0 Å². The van der Waals surface area contributed by atoms with E-state index in [0.29, 0.717) is 23.7 Å². The van der Waals surface area contributed by atoms with Crippen molar-refractivity contribution in [3.63, 3.8) is 0 Å². The van der Waals surface area contributed by atoms with Crippen LogP contribution in [0.2, 0.25) is 0 Å². The second kappa shape index (κ2) is 10.6. The van der Waals surface area contributed by atoms with Gasteiger partial charge < -0.3 is 9.64 Å². The van der Waals surface area contributed by atoms with Crippen molar-refractivity contribution in [3.05, 3.63) is 35.5 Å². The van der Waals surface area contributed by atoms with Gasteiger partial charge in [0.05, 0.1) is 12.7 Å². The van der Waals surface area contributed by atoms with E-state index in [1.807, 2.05) is 24.3 Å². The number of likely N-dealkylation sites (tertiary alicyclic amines) is 1. The Kier molecular flexibility index (Phi) is 7.94. The summed E-state index contributed by atoms with van der Waals surface area (Å²) in [6.07, 6.45) is 8.91. The standard InChI is InChI=1S/C25H36N2O3/c1-4-5-6-7-8-9-16-27-24(28)22(20-10-12-21(30-3)13-11-20)23(25(27)29)26-17-14-19(2)15-18-26/h10-13,19H,4-9,14-18H2,1-3H3. The van der Waals surface area contributed by atoms with Crippen molar-refractivity contribution in [3.8, 4) is 5.75 Å².